The van der Waals surface area contributed by atoms with Gasteiger partial charge < -0.3 is 35.2 Å². The molecule has 0 fully saturated rings. The van der Waals surface area contributed by atoms with Crippen molar-refractivity contribution >= 4 is 63.2 Å². The number of aryl methyl sites for hydroxylation is 2. The van der Waals surface area contributed by atoms with Crippen molar-refractivity contribution in [1.82, 2.24) is 25.4 Å². The molecule has 0 radical (unpaired) electrons. The molecule has 8 bridgehead atoms. The fraction of sp³-hybridized carbons (Fsp3) is 0.368. The van der Waals surface area contributed by atoms with Crippen molar-refractivity contribution in [1.29, 1.82) is 0 Å². The van der Waals surface area contributed by atoms with E-state index in [1.165, 1.54) is 0 Å². The molecule has 0 aliphatic carbocycles. The Kier molecular flexibility index (Phi) is 11.1. The quantitative estimate of drug-likeness (QED) is 0.0715. The highest BCUT2D eigenvalue weighted by Crippen LogP contribution is 2.43. The third-order valence-electron chi connectivity index (χ3n) is 9.98. The minimum absolute atomic E-state index is 0.00777. The van der Waals surface area contributed by atoms with Crippen LogP contribution in [-0.4, -0.2) is 76.9 Å². The molecule has 2 aliphatic rings. The van der Waals surface area contributed by atoms with Crippen molar-refractivity contribution in [3.63, 3.8) is 0 Å². The lowest BCUT2D eigenvalue weighted by Gasteiger charge is -2.18. The Morgan fingerprint density at radius 2 is 1.65 bits per heavy atom. The van der Waals surface area contributed by atoms with Crippen molar-refractivity contribution < 1.29 is 44.4 Å². The van der Waals surface area contributed by atoms with Gasteiger partial charge in [0.25, 0.3) is 0 Å². The van der Waals surface area contributed by atoms with Gasteiger partial charge >= 0.3 is 23.9 Å². The molecule has 2 aliphatic heterocycles. The summed E-state index contributed by atoms with van der Waals surface area (Å²) in [4.78, 5) is 70.1. The van der Waals surface area contributed by atoms with E-state index in [9.17, 15) is 34.5 Å². The Balaban J connectivity index is 1.87. The summed E-state index contributed by atoms with van der Waals surface area (Å²) >= 11 is 0. The fourth-order valence-electron chi connectivity index (χ4n) is 7.12. The molecular weight excluding hydrogens is 670 g/mol. The first-order valence-electron chi connectivity index (χ1n) is 17.0. The molecule has 0 amide bonds. The standard InChI is InChI=1S/C38H43N5O9/c1-7-21-17(3)25-13-27-19(5)23(9-10-32(44)45)35(41-27)24(11-12-52-43-31(37(48)49)16-33(46)47)36-34(38(50)51)20(6)28(42-36)15-30-22(8-2)18(4)26(40-30)14-29(21)39-25/h7,13-15,19,23,31,39,42-43H,1,8-12,16H2,2-6H3,(H,44,45)(H,46,47)(H,48,49)(H,50,51)/t19-,23-,31-/m0/s1. The lowest BCUT2D eigenvalue weighted by Crippen LogP contribution is -2.38. The highest BCUT2D eigenvalue weighted by Gasteiger charge is 2.33. The third-order valence-corrected chi connectivity index (χ3v) is 9.98. The van der Waals surface area contributed by atoms with Gasteiger partial charge in [0.05, 0.1) is 35.5 Å². The Hall–Kier alpha value is -5.60. The molecule has 14 nitrogen and oxygen atoms in total. The first kappa shape index (κ1) is 37.7. The van der Waals surface area contributed by atoms with E-state index in [2.05, 4.69) is 22.0 Å². The van der Waals surface area contributed by atoms with Crippen LogP contribution in [0.25, 0.3) is 39.3 Å². The van der Waals surface area contributed by atoms with E-state index in [0.29, 0.717) is 40.1 Å². The second-order valence-corrected chi connectivity index (χ2v) is 13.1. The molecule has 7 N–H and O–H groups in total. The molecule has 14 heteroatoms. The molecular formula is C38H43N5O9. The topological polar surface area (TPSA) is 228 Å². The van der Waals surface area contributed by atoms with Gasteiger partial charge in [0.1, 0.15) is 6.04 Å². The highest BCUT2D eigenvalue weighted by atomic mass is 16.6. The van der Waals surface area contributed by atoms with E-state index in [0.717, 1.165) is 39.0 Å². The number of nitrogens with one attached hydrogen (secondary N) is 3. The number of carboxylic acids is 4. The van der Waals surface area contributed by atoms with Gasteiger partial charge in [0.15, 0.2) is 0 Å². The van der Waals surface area contributed by atoms with Crippen molar-refractivity contribution in [3.8, 4) is 0 Å². The van der Waals surface area contributed by atoms with Gasteiger partial charge in [-0.1, -0.05) is 26.5 Å². The van der Waals surface area contributed by atoms with E-state index in [-0.39, 0.29) is 42.9 Å². The molecule has 3 atom stereocenters. The number of fused-ring (bicyclic) bond motifs is 8. The Morgan fingerprint density at radius 3 is 2.27 bits per heavy atom. The fourth-order valence-corrected chi connectivity index (χ4v) is 7.12. The van der Waals surface area contributed by atoms with E-state index < -0.39 is 42.3 Å². The minimum atomic E-state index is -1.53. The maximum atomic E-state index is 13.0. The lowest BCUT2D eigenvalue weighted by atomic mass is 9.85. The average Bonchev–Trinajstić information content (AvgIpc) is 3.75. The average molecular weight is 714 g/mol. The number of rotatable bonds is 14. The molecule has 0 saturated heterocycles. The number of H-pyrrole nitrogens is 2. The predicted molar refractivity (Wildman–Crippen MR) is 195 cm³/mol. The van der Waals surface area contributed by atoms with Crippen LogP contribution in [0.1, 0.15) is 114 Å². The van der Waals surface area contributed by atoms with Gasteiger partial charge in [0, 0.05) is 63.7 Å². The van der Waals surface area contributed by atoms with Crippen LogP contribution in [0.3, 0.4) is 0 Å². The van der Waals surface area contributed by atoms with Crippen LogP contribution in [0, 0.1) is 13.8 Å². The van der Waals surface area contributed by atoms with E-state index in [1.54, 1.807) is 13.0 Å². The zero-order valence-corrected chi connectivity index (χ0v) is 29.7. The van der Waals surface area contributed by atoms with Gasteiger partial charge in [-0.2, -0.15) is 5.48 Å². The van der Waals surface area contributed by atoms with Gasteiger partial charge in [-0.3, -0.25) is 19.4 Å². The second kappa shape index (κ2) is 15.3. The molecule has 5 rings (SSSR count). The van der Waals surface area contributed by atoms with E-state index in [1.807, 2.05) is 45.9 Å². The SMILES string of the molecule is C=Cc1c(C)c2cc3nc(c(CCON[C@@H](CC(=O)O)C(=O)O)c4[nH]c(cc5nc(cc1[nH]2)C(C)=C5CC)c(C)c4C(=O)O)[C@@H](CCC(=O)O)[C@@H]3C. The second-order valence-electron chi connectivity index (χ2n) is 13.1. The zero-order valence-electron chi connectivity index (χ0n) is 29.7. The summed E-state index contributed by atoms with van der Waals surface area (Å²) in [6.45, 7) is 13.5. The molecule has 0 spiro atoms. The molecule has 52 heavy (non-hydrogen) atoms. The predicted octanol–water partition coefficient (Wildman–Crippen LogP) is 6.36. The van der Waals surface area contributed by atoms with Crippen LogP contribution >= 0.6 is 0 Å². The number of hydrogen-bond acceptors (Lipinski definition) is 8. The van der Waals surface area contributed by atoms with Crippen LogP contribution in [0.4, 0.5) is 0 Å². The third kappa shape index (κ3) is 7.39. The van der Waals surface area contributed by atoms with Crippen LogP contribution in [-0.2, 0) is 25.6 Å². The molecule has 0 aromatic carbocycles. The number of aromatic amines is 2. The monoisotopic (exact) mass is 713 g/mol. The maximum absolute atomic E-state index is 13.0. The molecule has 0 saturated carbocycles. The van der Waals surface area contributed by atoms with Crippen molar-refractivity contribution in [3.05, 3.63) is 75.4 Å². The number of carbonyl (C=O) groups is 4. The summed E-state index contributed by atoms with van der Waals surface area (Å²) in [5.41, 5.74) is 11.9. The molecule has 274 valence electrons. The summed E-state index contributed by atoms with van der Waals surface area (Å²) in [6, 6.07) is 4.19. The molecule has 5 heterocycles. The molecule has 3 aromatic rings. The van der Waals surface area contributed by atoms with Gasteiger partial charge in [-0.15, -0.1) is 0 Å². The molecule has 3 aromatic heterocycles. The maximum Gasteiger partial charge on any atom is 0.338 e. The van der Waals surface area contributed by atoms with Crippen LogP contribution in [0.15, 0.2) is 24.8 Å². The number of carboxylic acid groups (broad SMARTS) is 4. The van der Waals surface area contributed by atoms with Gasteiger partial charge in [0.2, 0.25) is 0 Å². The Bertz CT molecular complexity index is 2180. The number of allylic oxidation sites excluding steroid dienone is 2. The number of hydrogen-bond donors (Lipinski definition) is 7. The van der Waals surface area contributed by atoms with Gasteiger partial charge in [-0.25, -0.2) is 9.78 Å². The zero-order chi connectivity index (χ0) is 38.0. The Morgan fingerprint density at radius 1 is 0.962 bits per heavy atom. The highest BCUT2D eigenvalue weighted by molar-refractivity contribution is 6.02. The summed E-state index contributed by atoms with van der Waals surface area (Å²) in [5, 5.41) is 38.9. The Labute approximate surface area is 299 Å². The van der Waals surface area contributed by atoms with Crippen LogP contribution in [0.5, 0.6) is 0 Å². The largest absolute Gasteiger partial charge is 0.481 e. The van der Waals surface area contributed by atoms with E-state index in [4.69, 9.17) is 19.9 Å². The normalized spacial score (nSPS) is 16.2. The minimum Gasteiger partial charge on any atom is -0.481 e. The van der Waals surface area contributed by atoms with Crippen molar-refractivity contribution in [2.75, 3.05) is 6.61 Å². The summed E-state index contributed by atoms with van der Waals surface area (Å²) in [5.74, 6) is -5.66. The number of aromatic nitrogens is 4. The number of aliphatic carboxylic acids is 3. The first-order valence-corrected chi connectivity index (χ1v) is 17.0. The summed E-state index contributed by atoms with van der Waals surface area (Å²) in [6.07, 6.45) is 1.77. The summed E-state index contributed by atoms with van der Waals surface area (Å²) in [7, 11) is 0. The number of aromatic carboxylic acids is 1. The first-order chi connectivity index (χ1) is 24.7. The number of nitrogens with zero attached hydrogens (tertiary/aromatic N) is 2. The smallest absolute Gasteiger partial charge is 0.338 e. The van der Waals surface area contributed by atoms with E-state index >= 15 is 0 Å². The van der Waals surface area contributed by atoms with Gasteiger partial charge in [-0.05, 0) is 74.1 Å². The van der Waals surface area contributed by atoms with Crippen molar-refractivity contribution in [2.24, 2.45) is 0 Å². The van der Waals surface area contributed by atoms with Crippen molar-refractivity contribution in [2.45, 2.75) is 84.6 Å². The van der Waals surface area contributed by atoms with Crippen LogP contribution in [0.2, 0.25) is 0 Å². The number of hydroxylamine groups is 1. The summed E-state index contributed by atoms with van der Waals surface area (Å²) < 4.78 is 0. The molecule has 0 unspecified atom stereocenters. The lowest BCUT2D eigenvalue weighted by molar-refractivity contribution is -0.150. The van der Waals surface area contributed by atoms with Crippen LogP contribution < -0.4 is 5.48 Å².